The zero-order valence-electron chi connectivity index (χ0n) is 16.8. The molecule has 2 aromatic rings. The number of rotatable bonds is 8. The third-order valence-corrected chi connectivity index (χ3v) is 6.24. The lowest BCUT2D eigenvalue weighted by Gasteiger charge is -2.23. The molecule has 29 heavy (non-hydrogen) atoms. The van der Waals surface area contributed by atoms with Crippen molar-refractivity contribution in [3.8, 4) is 11.5 Å². The lowest BCUT2D eigenvalue weighted by Crippen LogP contribution is -2.36. The Morgan fingerprint density at radius 2 is 1.79 bits per heavy atom. The monoisotopic (exact) mass is 418 g/mol. The summed E-state index contributed by atoms with van der Waals surface area (Å²) in [5, 5.41) is 2.30. The molecule has 2 amide bonds. The minimum atomic E-state index is -3.63. The number of nitrogens with zero attached hydrogens (tertiary/aromatic N) is 1. The van der Waals surface area contributed by atoms with Crippen LogP contribution in [0.25, 0.3) is 0 Å². The molecular formula is C21H26N2O5S. The van der Waals surface area contributed by atoms with Crippen molar-refractivity contribution in [1.82, 2.24) is 4.90 Å². The second kappa shape index (κ2) is 8.73. The average Bonchev–Trinajstić information content (AvgIpc) is 3.52. The maximum Gasteiger partial charge on any atom is 0.322 e. The van der Waals surface area contributed by atoms with Crippen LogP contribution in [-0.4, -0.2) is 37.8 Å². The predicted octanol–water partition coefficient (Wildman–Crippen LogP) is 4.01. The first-order valence-corrected chi connectivity index (χ1v) is 11.0. The molecule has 1 N–H and O–H groups in total. The molecule has 7 nitrogen and oxygen atoms in total. The van der Waals surface area contributed by atoms with Crippen LogP contribution in [0.3, 0.4) is 0 Å². The fourth-order valence-electron chi connectivity index (χ4n) is 2.77. The molecule has 0 unspecified atom stereocenters. The van der Waals surface area contributed by atoms with Crippen LogP contribution in [0, 0.1) is 0 Å². The van der Waals surface area contributed by atoms with Crippen LogP contribution in [0.1, 0.15) is 32.3 Å². The van der Waals surface area contributed by atoms with E-state index in [-0.39, 0.29) is 17.8 Å². The van der Waals surface area contributed by atoms with Crippen molar-refractivity contribution in [3.63, 3.8) is 0 Å². The maximum atomic E-state index is 12.9. The van der Waals surface area contributed by atoms with Gasteiger partial charge in [0.15, 0.2) is 0 Å². The van der Waals surface area contributed by atoms with E-state index in [0.717, 1.165) is 18.4 Å². The number of methoxy groups -OCH3 is 1. The van der Waals surface area contributed by atoms with Crippen LogP contribution in [0.4, 0.5) is 10.5 Å². The number of hydrogen-bond acceptors (Lipinski definition) is 5. The van der Waals surface area contributed by atoms with Crippen molar-refractivity contribution in [3.05, 3.63) is 54.1 Å². The van der Waals surface area contributed by atoms with Crippen LogP contribution < -0.4 is 14.2 Å². The molecule has 1 fully saturated rings. The maximum absolute atomic E-state index is 12.9. The van der Waals surface area contributed by atoms with E-state index in [1.807, 2.05) is 12.1 Å². The molecule has 1 saturated carbocycles. The van der Waals surface area contributed by atoms with Gasteiger partial charge in [-0.25, -0.2) is 4.79 Å². The summed E-state index contributed by atoms with van der Waals surface area (Å²) in [6.45, 7) is 3.55. The van der Waals surface area contributed by atoms with E-state index in [4.69, 9.17) is 8.92 Å². The molecular weight excluding hydrogens is 392 g/mol. The van der Waals surface area contributed by atoms with Gasteiger partial charge in [0.2, 0.25) is 0 Å². The summed E-state index contributed by atoms with van der Waals surface area (Å²) in [5.41, 5.74) is 1.51. The summed E-state index contributed by atoms with van der Waals surface area (Å²) in [5.74, 6) is 0.864. The Hall–Kier alpha value is -2.74. The SMILES string of the molecule is COc1ccccc1NC(=O)N(Cc1ccc(OS(=O)(=O)C(C)C)cc1)C1CC1. The van der Waals surface area contributed by atoms with Crippen molar-refractivity contribution in [2.45, 2.75) is 44.5 Å². The molecule has 0 radical (unpaired) electrons. The number of amides is 2. The number of ether oxygens (including phenoxy) is 1. The summed E-state index contributed by atoms with van der Waals surface area (Å²) in [7, 11) is -2.07. The molecule has 2 aromatic carbocycles. The van der Waals surface area contributed by atoms with Gasteiger partial charge in [-0.05, 0) is 56.5 Å². The first-order valence-electron chi connectivity index (χ1n) is 9.53. The zero-order chi connectivity index (χ0) is 21.0. The Bertz CT molecular complexity index is 953. The van der Waals surface area contributed by atoms with Gasteiger partial charge in [0.05, 0.1) is 18.0 Å². The normalized spacial score (nSPS) is 13.8. The molecule has 0 saturated heterocycles. The fraction of sp³-hybridized carbons (Fsp3) is 0.381. The Kier molecular flexibility index (Phi) is 6.32. The number of para-hydroxylation sites is 2. The van der Waals surface area contributed by atoms with Gasteiger partial charge in [0.25, 0.3) is 0 Å². The number of urea groups is 1. The van der Waals surface area contributed by atoms with E-state index in [1.165, 1.54) is 0 Å². The smallest absolute Gasteiger partial charge is 0.322 e. The van der Waals surface area contributed by atoms with Gasteiger partial charge in [-0.3, -0.25) is 0 Å². The van der Waals surface area contributed by atoms with Crippen molar-refractivity contribution in [2.75, 3.05) is 12.4 Å². The van der Waals surface area contributed by atoms with Crippen molar-refractivity contribution in [1.29, 1.82) is 0 Å². The van der Waals surface area contributed by atoms with Gasteiger partial charge < -0.3 is 19.1 Å². The number of benzene rings is 2. The highest BCUT2D eigenvalue weighted by molar-refractivity contribution is 7.87. The van der Waals surface area contributed by atoms with Gasteiger partial charge in [-0.1, -0.05) is 24.3 Å². The molecule has 156 valence electrons. The summed E-state index contributed by atoms with van der Waals surface area (Å²) >= 11 is 0. The van der Waals surface area contributed by atoms with E-state index in [0.29, 0.717) is 18.0 Å². The van der Waals surface area contributed by atoms with E-state index >= 15 is 0 Å². The van der Waals surface area contributed by atoms with E-state index in [2.05, 4.69) is 5.32 Å². The second-order valence-electron chi connectivity index (χ2n) is 7.26. The quantitative estimate of drug-likeness (QED) is 0.655. The van der Waals surface area contributed by atoms with Crippen LogP contribution in [0.2, 0.25) is 0 Å². The number of hydrogen-bond donors (Lipinski definition) is 1. The third-order valence-electron chi connectivity index (χ3n) is 4.66. The van der Waals surface area contributed by atoms with Gasteiger partial charge in [0.1, 0.15) is 11.5 Å². The summed E-state index contributed by atoms with van der Waals surface area (Å²) in [4.78, 5) is 14.6. The molecule has 1 aliphatic rings. The fourth-order valence-corrected chi connectivity index (χ4v) is 3.34. The Morgan fingerprint density at radius 3 is 2.38 bits per heavy atom. The number of nitrogens with one attached hydrogen (secondary N) is 1. The molecule has 3 rings (SSSR count). The molecule has 0 atom stereocenters. The van der Waals surface area contributed by atoms with Crippen LogP contribution in [-0.2, 0) is 16.7 Å². The molecule has 0 bridgehead atoms. The highest BCUT2D eigenvalue weighted by Crippen LogP contribution is 2.31. The number of anilines is 1. The number of carbonyl (C=O) groups excluding carboxylic acids is 1. The van der Waals surface area contributed by atoms with Gasteiger partial charge in [0, 0.05) is 12.6 Å². The van der Waals surface area contributed by atoms with Crippen LogP contribution >= 0.6 is 0 Å². The van der Waals surface area contributed by atoms with Crippen molar-refractivity contribution >= 4 is 21.8 Å². The standard InChI is InChI=1S/C21H26N2O5S/c1-15(2)29(25,26)28-18-12-8-16(9-13-18)14-23(17-10-11-17)21(24)22-19-6-4-5-7-20(19)27-3/h4-9,12-13,15,17H,10-11,14H2,1-3H3,(H,22,24). The molecule has 0 heterocycles. The zero-order valence-corrected chi connectivity index (χ0v) is 17.6. The predicted molar refractivity (Wildman–Crippen MR) is 112 cm³/mol. The first-order chi connectivity index (χ1) is 13.8. The first kappa shape index (κ1) is 21.0. The van der Waals surface area contributed by atoms with E-state index in [9.17, 15) is 13.2 Å². The molecule has 0 spiro atoms. The van der Waals surface area contributed by atoms with Gasteiger partial charge >= 0.3 is 16.1 Å². The van der Waals surface area contributed by atoms with Crippen LogP contribution in [0.5, 0.6) is 11.5 Å². The van der Waals surface area contributed by atoms with Gasteiger partial charge in [-0.2, -0.15) is 8.42 Å². The van der Waals surface area contributed by atoms with Crippen molar-refractivity contribution < 1.29 is 22.1 Å². The topological polar surface area (TPSA) is 84.9 Å². The third kappa shape index (κ3) is 5.41. The minimum absolute atomic E-state index is 0.195. The lowest BCUT2D eigenvalue weighted by atomic mass is 10.2. The molecule has 8 heteroatoms. The highest BCUT2D eigenvalue weighted by Gasteiger charge is 2.33. The van der Waals surface area contributed by atoms with E-state index < -0.39 is 15.4 Å². The van der Waals surface area contributed by atoms with Crippen LogP contribution in [0.15, 0.2) is 48.5 Å². The van der Waals surface area contributed by atoms with E-state index in [1.54, 1.807) is 62.3 Å². The summed E-state index contributed by atoms with van der Waals surface area (Å²) in [6, 6.07) is 14.0. The second-order valence-corrected chi connectivity index (χ2v) is 9.35. The Balaban J connectivity index is 1.68. The largest absolute Gasteiger partial charge is 0.495 e. The molecule has 1 aliphatic carbocycles. The average molecular weight is 419 g/mol. The van der Waals surface area contributed by atoms with Crippen molar-refractivity contribution in [2.24, 2.45) is 0 Å². The Morgan fingerprint density at radius 1 is 1.14 bits per heavy atom. The minimum Gasteiger partial charge on any atom is -0.495 e. The molecule has 0 aliphatic heterocycles. The summed E-state index contributed by atoms with van der Waals surface area (Å²) < 4.78 is 34.2. The highest BCUT2D eigenvalue weighted by atomic mass is 32.2. The lowest BCUT2D eigenvalue weighted by molar-refractivity contribution is 0.206. The van der Waals surface area contributed by atoms with Gasteiger partial charge in [-0.15, -0.1) is 0 Å². The summed E-state index contributed by atoms with van der Waals surface area (Å²) in [6.07, 6.45) is 1.93. The number of carbonyl (C=O) groups is 1. The molecule has 0 aromatic heterocycles. The Labute approximate surface area is 171 Å².